The van der Waals surface area contributed by atoms with Crippen LogP contribution in [0.5, 0.6) is 11.5 Å². The van der Waals surface area contributed by atoms with Crippen molar-refractivity contribution in [3.8, 4) is 11.5 Å². The van der Waals surface area contributed by atoms with E-state index in [9.17, 15) is 40.8 Å². The van der Waals surface area contributed by atoms with Gasteiger partial charge in [-0.15, -0.1) is 0 Å². The maximum absolute atomic E-state index is 12.5. The molecule has 3 rings (SSSR count). The standard InChI is InChI=1S/C24H26N4O10.2CH4O3S.H2O/c1-13(29)17-10-16-20(37-23(34)27-8-6-25-11-18(30)31)14-4-2-3-5-15(14)21(22(16)36-17)38-24(35)28-9-7-26-12-19(32)33;2*1-5(2,3)4;/h2-5,10,25-26H,6-9,11-12H2,1H3,(H,27,34)(H,28,35)(H,30,31)(H,32,33);2*1H3,(H,2,3,4);1H2. The van der Waals surface area contributed by atoms with Gasteiger partial charge in [-0.3, -0.25) is 23.5 Å². The van der Waals surface area contributed by atoms with Crippen LogP contribution in [-0.4, -0.2) is 123 Å². The quantitative estimate of drug-likeness (QED) is 0.0621. The van der Waals surface area contributed by atoms with Crippen molar-refractivity contribution in [2.45, 2.75) is 6.92 Å². The third kappa shape index (κ3) is 18.9. The van der Waals surface area contributed by atoms with Crippen LogP contribution in [0, 0.1) is 0 Å². The van der Waals surface area contributed by atoms with Gasteiger partial charge in [0.2, 0.25) is 0 Å². The van der Waals surface area contributed by atoms with Crippen LogP contribution in [0.2, 0.25) is 0 Å². The number of carbonyl (C=O) groups is 5. The molecule has 21 nitrogen and oxygen atoms in total. The van der Waals surface area contributed by atoms with E-state index < -0.39 is 50.1 Å². The molecule has 0 unspecified atom stereocenters. The monoisotopic (exact) mass is 740 g/mol. The maximum Gasteiger partial charge on any atom is 0.412 e. The number of hydrogen-bond acceptors (Lipinski definition) is 14. The van der Waals surface area contributed by atoms with Crippen LogP contribution in [0.3, 0.4) is 0 Å². The molecule has 2 aromatic carbocycles. The summed E-state index contributed by atoms with van der Waals surface area (Å²) in [6.45, 7) is 1.28. The Morgan fingerprint density at radius 2 is 1.10 bits per heavy atom. The number of ether oxygens (including phenoxy) is 2. The van der Waals surface area contributed by atoms with Crippen molar-refractivity contribution in [2.75, 3.05) is 51.8 Å². The van der Waals surface area contributed by atoms with E-state index in [0.29, 0.717) is 23.3 Å². The largest absolute Gasteiger partial charge is 0.480 e. The van der Waals surface area contributed by atoms with Gasteiger partial charge in [-0.05, 0) is 6.07 Å². The molecule has 1 aromatic heterocycles. The number of carboxylic acid groups (broad SMARTS) is 2. The van der Waals surface area contributed by atoms with Crippen molar-refractivity contribution in [3.63, 3.8) is 0 Å². The Kier molecular flexibility index (Phi) is 18.4. The van der Waals surface area contributed by atoms with E-state index in [1.165, 1.54) is 13.0 Å². The normalized spacial score (nSPS) is 10.7. The molecule has 2 amide bonds. The van der Waals surface area contributed by atoms with Crippen molar-refractivity contribution >= 4 is 71.9 Å². The first-order valence-electron chi connectivity index (χ1n) is 13.3. The van der Waals surface area contributed by atoms with Gasteiger partial charge in [-0.25, -0.2) is 9.59 Å². The predicted molar refractivity (Wildman–Crippen MR) is 171 cm³/mol. The molecular formula is C26H36N4O17S2. The van der Waals surface area contributed by atoms with Gasteiger partial charge in [0.15, 0.2) is 28.6 Å². The number of carboxylic acids is 2. The van der Waals surface area contributed by atoms with Gasteiger partial charge < -0.3 is 50.8 Å². The van der Waals surface area contributed by atoms with E-state index in [1.807, 2.05) is 0 Å². The number of hydrogen-bond donors (Lipinski definition) is 8. The number of amides is 2. The highest BCUT2D eigenvalue weighted by Crippen LogP contribution is 2.44. The van der Waals surface area contributed by atoms with Crippen LogP contribution in [0.1, 0.15) is 17.5 Å². The van der Waals surface area contributed by atoms with Crippen molar-refractivity contribution in [3.05, 3.63) is 36.1 Å². The third-order valence-corrected chi connectivity index (χ3v) is 5.03. The number of fused-ring (bicyclic) bond motifs is 2. The second kappa shape index (κ2) is 20.5. The van der Waals surface area contributed by atoms with Gasteiger partial charge in [-0.1, -0.05) is 24.3 Å². The number of nitrogens with one attached hydrogen (secondary N) is 4. The average Bonchev–Trinajstić information content (AvgIpc) is 3.38. The van der Waals surface area contributed by atoms with Gasteiger partial charge >= 0.3 is 24.1 Å². The lowest BCUT2D eigenvalue weighted by atomic mass is 10.1. The SMILES string of the molecule is CC(=O)c1cc2c(OC(=O)NCCNCC(=O)O)c3ccccc3c(OC(=O)NCCNCC(=O)O)c2o1.CS(=O)(=O)O.CS(=O)(=O)O.O. The van der Waals surface area contributed by atoms with Crippen molar-refractivity contribution in [2.24, 2.45) is 0 Å². The van der Waals surface area contributed by atoms with Gasteiger partial charge in [0.25, 0.3) is 20.2 Å². The second-order valence-electron chi connectivity index (χ2n) is 9.35. The number of ketones is 1. The Hall–Kier alpha value is -4.91. The van der Waals surface area contributed by atoms with E-state index in [-0.39, 0.29) is 73.0 Å². The summed E-state index contributed by atoms with van der Waals surface area (Å²) in [4.78, 5) is 58.2. The van der Waals surface area contributed by atoms with E-state index in [4.69, 9.17) is 33.2 Å². The van der Waals surface area contributed by atoms with Crippen LogP contribution >= 0.6 is 0 Å². The Balaban J connectivity index is 0.00000183. The fourth-order valence-corrected chi connectivity index (χ4v) is 3.41. The number of aliphatic carboxylic acids is 2. The summed E-state index contributed by atoms with van der Waals surface area (Å²) in [6.07, 6.45) is -0.256. The van der Waals surface area contributed by atoms with Gasteiger partial charge in [0.1, 0.15) is 0 Å². The van der Waals surface area contributed by atoms with Crippen LogP contribution in [-0.2, 0) is 29.8 Å². The Bertz CT molecular complexity index is 1700. The van der Waals surface area contributed by atoms with Crippen molar-refractivity contribution in [1.82, 2.24) is 21.3 Å². The molecule has 0 fully saturated rings. The summed E-state index contributed by atoms with van der Waals surface area (Å²) in [6, 6.07) is 7.97. The molecular weight excluding hydrogens is 704 g/mol. The molecule has 274 valence electrons. The summed E-state index contributed by atoms with van der Waals surface area (Å²) < 4.78 is 68.5. The summed E-state index contributed by atoms with van der Waals surface area (Å²) in [7, 11) is -7.33. The van der Waals surface area contributed by atoms with E-state index in [1.54, 1.807) is 24.3 Å². The first kappa shape index (κ1) is 44.1. The highest BCUT2D eigenvalue weighted by Gasteiger charge is 2.24. The van der Waals surface area contributed by atoms with E-state index >= 15 is 0 Å². The molecule has 0 spiro atoms. The molecule has 0 atom stereocenters. The molecule has 23 heteroatoms. The summed E-state index contributed by atoms with van der Waals surface area (Å²) in [5.74, 6) is -2.48. The zero-order valence-electron chi connectivity index (χ0n) is 26.1. The maximum atomic E-state index is 12.5. The lowest BCUT2D eigenvalue weighted by molar-refractivity contribution is -0.136. The van der Waals surface area contributed by atoms with Crippen LogP contribution in [0.15, 0.2) is 34.7 Å². The Labute approximate surface area is 278 Å². The highest BCUT2D eigenvalue weighted by atomic mass is 32.2. The fraction of sp³-hybridized carbons (Fsp3) is 0.346. The molecule has 0 radical (unpaired) electrons. The molecule has 1 heterocycles. The minimum absolute atomic E-state index is 0. The zero-order chi connectivity index (χ0) is 36.7. The Morgan fingerprint density at radius 1 is 0.714 bits per heavy atom. The van der Waals surface area contributed by atoms with Crippen LogP contribution < -0.4 is 30.7 Å². The topological polar surface area (TPSA) is 346 Å². The molecule has 0 aliphatic carbocycles. The first-order chi connectivity index (χ1) is 22.2. The lowest BCUT2D eigenvalue weighted by Crippen LogP contribution is -2.35. The molecule has 0 saturated carbocycles. The van der Waals surface area contributed by atoms with Crippen LogP contribution in [0.4, 0.5) is 9.59 Å². The average molecular weight is 741 g/mol. The molecule has 49 heavy (non-hydrogen) atoms. The highest BCUT2D eigenvalue weighted by molar-refractivity contribution is 7.85. The van der Waals surface area contributed by atoms with Gasteiger partial charge in [-0.2, -0.15) is 16.8 Å². The smallest absolute Gasteiger partial charge is 0.412 e. The van der Waals surface area contributed by atoms with Gasteiger partial charge in [0, 0.05) is 43.9 Å². The molecule has 0 aliphatic heterocycles. The number of benzene rings is 2. The number of carbonyl (C=O) groups excluding carboxylic acids is 3. The third-order valence-electron chi connectivity index (χ3n) is 5.03. The lowest BCUT2D eigenvalue weighted by Gasteiger charge is -2.14. The Morgan fingerprint density at radius 3 is 1.49 bits per heavy atom. The van der Waals surface area contributed by atoms with Crippen LogP contribution in [0.25, 0.3) is 21.7 Å². The van der Waals surface area contributed by atoms with Crippen molar-refractivity contribution < 1.29 is 79.5 Å². The molecule has 10 N–H and O–H groups in total. The van der Waals surface area contributed by atoms with Gasteiger partial charge in [0.05, 0.1) is 31.0 Å². The molecule has 0 saturated heterocycles. The minimum atomic E-state index is -3.67. The van der Waals surface area contributed by atoms with E-state index in [2.05, 4.69) is 21.3 Å². The molecule has 0 bridgehead atoms. The van der Waals surface area contributed by atoms with E-state index in [0.717, 1.165) is 0 Å². The fourth-order valence-electron chi connectivity index (χ4n) is 3.41. The minimum Gasteiger partial charge on any atom is -0.480 e. The number of furan rings is 1. The molecule has 0 aliphatic rings. The molecule has 3 aromatic rings. The number of Topliss-reactive ketones (excluding diaryl/α,β-unsaturated/α-hetero) is 1. The second-order valence-corrected chi connectivity index (χ2v) is 12.3. The predicted octanol–water partition coefficient (Wildman–Crippen LogP) is -0.503. The summed E-state index contributed by atoms with van der Waals surface area (Å²) in [5.41, 5.74) is -0.000947. The zero-order valence-corrected chi connectivity index (χ0v) is 27.8. The van der Waals surface area contributed by atoms with Crippen molar-refractivity contribution in [1.29, 1.82) is 0 Å². The summed E-state index contributed by atoms with van der Waals surface area (Å²) >= 11 is 0. The first-order valence-corrected chi connectivity index (χ1v) is 17.0. The summed E-state index contributed by atoms with van der Waals surface area (Å²) in [5, 5.41) is 28.5. The number of rotatable bonds is 13.